The summed E-state index contributed by atoms with van der Waals surface area (Å²) in [7, 11) is 1.78. The van der Waals surface area contributed by atoms with Gasteiger partial charge in [0.15, 0.2) is 0 Å². The standard InChI is InChI=1S/C20H20F3N5O/c1-14(15-6-8-18(9-7-15)28-13-24-12-25-28)27(2)11-19(29)26-17-5-3-4-16(10-17)20(21,22)23/h3-10,12-14H,11H2,1-2H3,(H,26,29)/t14-/m1/s1. The number of nitrogens with zero attached hydrogens (tertiary/aromatic N) is 4. The summed E-state index contributed by atoms with van der Waals surface area (Å²) in [5.74, 6) is -0.391. The molecule has 6 nitrogen and oxygen atoms in total. The topological polar surface area (TPSA) is 63.1 Å². The predicted molar refractivity (Wildman–Crippen MR) is 102 cm³/mol. The maximum absolute atomic E-state index is 12.8. The van der Waals surface area contributed by atoms with Crippen LogP contribution >= 0.6 is 0 Å². The van der Waals surface area contributed by atoms with Gasteiger partial charge in [0, 0.05) is 11.7 Å². The number of hydrogen-bond donors (Lipinski definition) is 1. The largest absolute Gasteiger partial charge is 0.416 e. The fraction of sp³-hybridized carbons (Fsp3) is 0.250. The number of rotatable bonds is 6. The number of carbonyl (C=O) groups is 1. The molecule has 3 aromatic rings. The van der Waals surface area contributed by atoms with Crippen molar-refractivity contribution < 1.29 is 18.0 Å². The van der Waals surface area contributed by atoms with E-state index in [4.69, 9.17) is 0 Å². The first-order valence-electron chi connectivity index (χ1n) is 8.86. The van der Waals surface area contributed by atoms with Crippen LogP contribution in [0.2, 0.25) is 0 Å². The van der Waals surface area contributed by atoms with E-state index >= 15 is 0 Å². The van der Waals surface area contributed by atoms with Gasteiger partial charge < -0.3 is 5.32 Å². The third-order valence-electron chi connectivity index (χ3n) is 4.59. The Labute approximate surface area is 166 Å². The molecular weight excluding hydrogens is 383 g/mol. The zero-order valence-corrected chi connectivity index (χ0v) is 15.9. The molecule has 1 aromatic heterocycles. The van der Waals surface area contributed by atoms with E-state index in [2.05, 4.69) is 15.4 Å². The van der Waals surface area contributed by atoms with Crippen molar-refractivity contribution in [1.29, 1.82) is 0 Å². The molecule has 0 aliphatic heterocycles. The van der Waals surface area contributed by atoms with Crippen LogP contribution in [0.1, 0.15) is 24.1 Å². The molecule has 1 atom stereocenters. The first-order chi connectivity index (χ1) is 13.7. The molecule has 29 heavy (non-hydrogen) atoms. The fourth-order valence-corrected chi connectivity index (χ4v) is 2.84. The van der Waals surface area contributed by atoms with Crippen molar-refractivity contribution in [2.75, 3.05) is 18.9 Å². The smallest absolute Gasteiger partial charge is 0.325 e. The Hall–Kier alpha value is -3.20. The van der Waals surface area contributed by atoms with Crippen molar-refractivity contribution in [2.45, 2.75) is 19.1 Å². The van der Waals surface area contributed by atoms with E-state index in [1.165, 1.54) is 18.5 Å². The van der Waals surface area contributed by atoms with Gasteiger partial charge in [-0.15, -0.1) is 0 Å². The summed E-state index contributed by atoms with van der Waals surface area (Å²) in [6.45, 7) is 1.98. The van der Waals surface area contributed by atoms with Crippen molar-refractivity contribution in [3.05, 3.63) is 72.3 Å². The Bertz CT molecular complexity index is 955. The van der Waals surface area contributed by atoms with Crippen LogP contribution in [0.5, 0.6) is 0 Å². The molecule has 1 heterocycles. The molecule has 0 aliphatic carbocycles. The lowest BCUT2D eigenvalue weighted by molar-refractivity contribution is -0.137. The maximum Gasteiger partial charge on any atom is 0.416 e. The van der Waals surface area contributed by atoms with Crippen LogP contribution < -0.4 is 5.32 Å². The normalized spacial score (nSPS) is 12.8. The van der Waals surface area contributed by atoms with Crippen LogP contribution in [0.15, 0.2) is 61.2 Å². The first kappa shape index (κ1) is 20.5. The molecule has 152 valence electrons. The second-order valence-electron chi connectivity index (χ2n) is 6.65. The number of alkyl halides is 3. The van der Waals surface area contributed by atoms with Gasteiger partial charge in [-0.1, -0.05) is 18.2 Å². The Kier molecular flexibility index (Phi) is 5.97. The lowest BCUT2D eigenvalue weighted by Crippen LogP contribution is -2.32. The lowest BCUT2D eigenvalue weighted by Gasteiger charge is -2.24. The second kappa shape index (κ2) is 8.44. The number of aromatic nitrogens is 3. The highest BCUT2D eigenvalue weighted by Crippen LogP contribution is 2.30. The molecule has 0 unspecified atom stereocenters. The molecule has 0 radical (unpaired) electrons. The summed E-state index contributed by atoms with van der Waals surface area (Å²) in [4.78, 5) is 18.0. The van der Waals surface area contributed by atoms with Gasteiger partial charge in [-0.25, -0.2) is 9.67 Å². The van der Waals surface area contributed by atoms with E-state index in [0.717, 1.165) is 23.4 Å². The van der Waals surface area contributed by atoms with Crippen LogP contribution in [-0.4, -0.2) is 39.2 Å². The van der Waals surface area contributed by atoms with Gasteiger partial charge in [0.2, 0.25) is 5.91 Å². The molecule has 0 fully saturated rings. The number of carbonyl (C=O) groups excluding carboxylic acids is 1. The van der Waals surface area contributed by atoms with Gasteiger partial charge in [0.05, 0.1) is 17.8 Å². The molecule has 2 aromatic carbocycles. The molecule has 0 saturated carbocycles. The highest BCUT2D eigenvalue weighted by molar-refractivity contribution is 5.92. The van der Waals surface area contributed by atoms with E-state index in [1.54, 1.807) is 18.1 Å². The third kappa shape index (κ3) is 5.20. The van der Waals surface area contributed by atoms with E-state index in [-0.39, 0.29) is 18.3 Å². The first-order valence-corrected chi connectivity index (χ1v) is 8.86. The fourth-order valence-electron chi connectivity index (χ4n) is 2.84. The number of nitrogens with one attached hydrogen (secondary N) is 1. The minimum absolute atomic E-state index is 0.0300. The third-order valence-corrected chi connectivity index (χ3v) is 4.59. The number of likely N-dealkylation sites (N-methyl/N-ethyl adjacent to an activating group) is 1. The van der Waals surface area contributed by atoms with E-state index in [9.17, 15) is 18.0 Å². The van der Waals surface area contributed by atoms with Crippen LogP contribution in [-0.2, 0) is 11.0 Å². The Morgan fingerprint density at radius 1 is 1.21 bits per heavy atom. The molecule has 0 bridgehead atoms. The van der Waals surface area contributed by atoms with Crippen LogP contribution in [0, 0.1) is 0 Å². The number of amides is 1. The highest BCUT2D eigenvalue weighted by Gasteiger charge is 2.30. The monoisotopic (exact) mass is 403 g/mol. The van der Waals surface area contributed by atoms with Crippen molar-refractivity contribution in [3.8, 4) is 5.69 Å². The van der Waals surface area contributed by atoms with Crippen molar-refractivity contribution in [3.63, 3.8) is 0 Å². The summed E-state index contributed by atoms with van der Waals surface area (Å²) in [6, 6.07) is 12.2. The van der Waals surface area contributed by atoms with Crippen LogP contribution in [0.4, 0.5) is 18.9 Å². The van der Waals surface area contributed by atoms with E-state index in [1.807, 2.05) is 36.1 Å². The zero-order chi connectivity index (χ0) is 21.0. The van der Waals surface area contributed by atoms with Crippen molar-refractivity contribution in [2.24, 2.45) is 0 Å². The highest BCUT2D eigenvalue weighted by atomic mass is 19.4. The Morgan fingerprint density at radius 3 is 2.55 bits per heavy atom. The zero-order valence-electron chi connectivity index (χ0n) is 15.9. The van der Waals surface area contributed by atoms with Gasteiger partial charge in [-0.3, -0.25) is 9.69 Å². The minimum Gasteiger partial charge on any atom is -0.325 e. The van der Waals surface area contributed by atoms with Crippen LogP contribution in [0.3, 0.4) is 0 Å². The lowest BCUT2D eigenvalue weighted by atomic mass is 10.1. The van der Waals surface area contributed by atoms with Gasteiger partial charge in [0.25, 0.3) is 0 Å². The molecule has 0 aliphatic rings. The van der Waals surface area contributed by atoms with Gasteiger partial charge in [-0.2, -0.15) is 18.3 Å². The summed E-state index contributed by atoms with van der Waals surface area (Å²) < 4.78 is 40.0. The molecule has 9 heteroatoms. The number of hydrogen-bond acceptors (Lipinski definition) is 4. The molecule has 3 rings (SSSR count). The van der Waals surface area contributed by atoms with Gasteiger partial charge in [-0.05, 0) is 49.9 Å². The van der Waals surface area contributed by atoms with Gasteiger partial charge >= 0.3 is 6.18 Å². The van der Waals surface area contributed by atoms with E-state index in [0.29, 0.717) is 0 Å². The summed E-state index contributed by atoms with van der Waals surface area (Å²) in [5, 5.41) is 6.59. The molecular formula is C20H20F3N5O. The van der Waals surface area contributed by atoms with Gasteiger partial charge in [0.1, 0.15) is 12.7 Å². The number of benzene rings is 2. The Balaban J connectivity index is 1.60. The molecule has 0 saturated heterocycles. The average molecular weight is 403 g/mol. The maximum atomic E-state index is 12.8. The van der Waals surface area contributed by atoms with Crippen molar-refractivity contribution >= 4 is 11.6 Å². The Morgan fingerprint density at radius 2 is 1.93 bits per heavy atom. The van der Waals surface area contributed by atoms with Crippen molar-refractivity contribution in [1.82, 2.24) is 19.7 Å². The second-order valence-corrected chi connectivity index (χ2v) is 6.65. The summed E-state index contributed by atoms with van der Waals surface area (Å²) >= 11 is 0. The quantitative estimate of drug-likeness (QED) is 0.678. The summed E-state index contributed by atoms with van der Waals surface area (Å²) in [5.41, 5.74) is 1.17. The predicted octanol–water partition coefficient (Wildman–Crippen LogP) is 3.92. The van der Waals surface area contributed by atoms with E-state index < -0.39 is 17.6 Å². The average Bonchev–Trinajstić information content (AvgIpc) is 3.22. The molecule has 0 spiro atoms. The molecule has 1 N–H and O–H groups in total. The minimum atomic E-state index is -4.45. The SMILES string of the molecule is C[C@H](c1ccc(-n2cncn2)cc1)N(C)CC(=O)Nc1cccc(C(F)(F)F)c1. The number of anilines is 1. The number of halogens is 3. The molecule has 1 amide bonds. The van der Waals surface area contributed by atoms with Crippen LogP contribution in [0.25, 0.3) is 5.69 Å². The summed E-state index contributed by atoms with van der Waals surface area (Å²) in [6.07, 6.45) is -1.40.